The zero-order chi connectivity index (χ0) is 17.0. The van der Waals surface area contributed by atoms with Crippen LogP contribution in [0.4, 0.5) is 0 Å². The number of ether oxygens (including phenoxy) is 1. The highest BCUT2D eigenvalue weighted by Crippen LogP contribution is 2.74. The van der Waals surface area contributed by atoms with Crippen LogP contribution in [0.5, 0.6) is 0 Å². The molecule has 2 aliphatic heterocycles. The first kappa shape index (κ1) is 15.9. The molecule has 140 valence electrons. The monoisotopic (exact) mass is 345 g/mol. The summed E-state index contributed by atoms with van der Waals surface area (Å²) in [5.41, 5.74) is 1.06. The fourth-order valence-electron chi connectivity index (χ4n) is 9.65. The van der Waals surface area contributed by atoms with Gasteiger partial charge in [-0.15, -0.1) is 0 Å². The van der Waals surface area contributed by atoms with Crippen LogP contribution in [0.25, 0.3) is 0 Å². The van der Waals surface area contributed by atoms with Crippen LogP contribution in [0.3, 0.4) is 0 Å². The van der Waals surface area contributed by atoms with E-state index in [0.717, 1.165) is 30.9 Å². The van der Waals surface area contributed by atoms with Crippen LogP contribution in [0, 0.1) is 39.9 Å². The molecule has 25 heavy (non-hydrogen) atoms. The van der Waals surface area contributed by atoms with Crippen molar-refractivity contribution in [3.63, 3.8) is 0 Å². The number of hydrogen-bond acceptors (Lipinski definition) is 3. The average Bonchev–Trinajstić information content (AvgIpc) is 3.07. The van der Waals surface area contributed by atoms with E-state index in [-0.39, 0.29) is 11.5 Å². The van der Waals surface area contributed by atoms with E-state index in [2.05, 4.69) is 18.7 Å². The van der Waals surface area contributed by atoms with E-state index < -0.39 is 0 Å². The predicted octanol–water partition coefficient (Wildman–Crippen LogP) is 3.66. The molecule has 0 aromatic carbocycles. The van der Waals surface area contributed by atoms with Crippen LogP contribution in [-0.4, -0.2) is 42.0 Å². The van der Waals surface area contributed by atoms with Crippen LogP contribution in [-0.2, 0) is 4.74 Å². The second-order valence-electron chi connectivity index (χ2n) is 11.0. The molecular formula is C22H35NO2. The smallest absolute Gasteiger partial charge is 0.116 e. The standard InChI is InChI=1S/C22H35NO2/c1-14-15-4-8-21(18(14)24)9-5-16-20(2)6-3-7-22(16,17(21)12-15)13-23-10-11-25-19(20)23/h14-19,24H,3-13H2,1-2H3/t14-,15-,16+,17+,18+,19?,20+,21-,22-/m0/s1. The molecule has 7 aliphatic rings. The van der Waals surface area contributed by atoms with Crippen molar-refractivity contribution in [2.75, 3.05) is 19.7 Å². The Morgan fingerprint density at radius 3 is 2.76 bits per heavy atom. The zero-order valence-electron chi connectivity index (χ0n) is 16.0. The first-order chi connectivity index (χ1) is 12.0. The summed E-state index contributed by atoms with van der Waals surface area (Å²) >= 11 is 0. The second-order valence-corrected chi connectivity index (χ2v) is 11.0. The summed E-state index contributed by atoms with van der Waals surface area (Å²) in [7, 11) is 0. The van der Waals surface area contributed by atoms with Crippen LogP contribution < -0.4 is 0 Å². The van der Waals surface area contributed by atoms with E-state index in [9.17, 15) is 5.11 Å². The van der Waals surface area contributed by atoms with Crippen molar-refractivity contribution >= 4 is 0 Å². The van der Waals surface area contributed by atoms with Crippen molar-refractivity contribution in [1.82, 2.24) is 4.90 Å². The molecule has 1 spiro atoms. The van der Waals surface area contributed by atoms with Gasteiger partial charge in [-0.05, 0) is 74.0 Å². The molecule has 2 heterocycles. The van der Waals surface area contributed by atoms with Gasteiger partial charge >= 0.3 is 0 Å². The molecule has 0 amide bonds. The first-order valence-electron chi connectivity index (χ1n) is 11.1. The molecule has 0 aromatic heterocycles. The maximum Gasteiger partial charge on any atom is 0.116 e. The Bertz CT molecular complexity index is 595. The van der Waals surface area contributed by atoms with E-state index in [0.29, 0.717) is 23.0 Å². The van der Waals surface area contributed by atoms with Crippen molar-refractivity contribution in [2.45, 2.75) is 77.5 Å². The van der Waals surface area contributed by atoms with Crippen LogP contribution in [0.1, 0.15) is 65.2 Å². The lowest BCUT2D eigenvalue weighted by atomic mass is 9.34. The van der Waals surface area contributed by atoms with Crippen molar-refractivity contribution in [2.24, 2.45) is 39.9 Å². The van der Waals surface area contributed by atoms with Crippen molar-refractivity contribution in [3.8, 4) is 0 Å². The van der Waals surface area contributed by atoms with Gasteiger partial charge in [-0.2, -0.15) is 0 Å². The number of aliphatic hydroxyl groups excluding tert-OH is 1. The molecule has 7 fully saturated rings. The highest BCUT2D eigenvalue weighted by Gasteiger charge is 2.72. The van der Waals surface area contributed by atoms with Gasteiger partial charge in [0.2, 0.25) is 0 Å². The lowest BCUT2D eigenvalue weighted by Gasteiger charge is -2.74. The molecule has 0 radical (unpaired) electrons. The number of rotatable bonds is 0. The fraction of sp³-hybridized carbons (Fsp3) is 1.00. The third kappa shape index (κ3) is 1.66. The maximum absolute atomic E-state index is 11.4. The molecular weight excluding hydrogens is 310 g/mol. The molecule has 1 N–H and O–H groups in total. The van der Waals surface area contributed by atoms with Gasteiger partial charge in [0.1, 0.15) is 6.23 Å². The minimum atomic E-state index is -0.0407. The lowest BCUT2D eigenvalue weighted by molar-refractivity contribution is -0.290. The van der Waals surface area contributed by atoms with Crippen molar-refractivity contribution in [3.05, 3.63) is 0 Å². The zero-order valence-corrected chi connectivity index (χ0v) is 16.0. The van der Waals surface area contributed by atoms with Crippen molar-refractivity contribution in [1.29, 1.82) is 0 Å². The maximum atomic E-state index is 11.4. The Labute approximate surface area is 152 Å². The summed E-state index contributed by atoms with van der Waals surface area (Å²) in [5.74, 6) is 2.89. The van der Waals surface area contributed by atoms with Crippen LogP contribution in [0.2, 0.25) is 0 Å². The Morgan fingerprint density at radius 1 is 1.04 bits per heavy atom. The fourth-order valence-corrected chi connectivity index (χ4v) is 9.65. The second kappa shape index (κ2) is 4.83. The van der Waals surface area contributed by atoms with Crippen LogP contribution in [0.15, 0.2) is 0 Å². The third-order valence-electron chi connectivity index (χ3n) is 10.5. The highest BCUT2D eigenvalue weighted by atomic mass is 16.5. The Kier molecular flexibility index (Phi) is 3.07. The number of hydrogen-bond donors (Lipinski definition) is 1. The average molecular weight is 346 g/mol. The molecule has 4 bridgehead atoms. The quantitative estimate of drug-likeness (QED) is 0.727. The van der Waals surface area contributed by atoms with Crippen molar-refractivity contribution < 1.29 is 9.84 Å². The SMILES string of the molecule is C[C@H]1[C@H]2CC[C@@]3(CC[C@H]4[C@@]5(CCC[C@@]4(C)C4OCCN4C5)[C@@H]3C2)[C@@H]1O. The van der Waals surface area contributed by atoms with Gasteiger partial charge in [-0.1, -0.05) is 20.3 Å². The molecule has 5 aliphatic carbocycles. The molecule has 1 unspecified atom stereocenters. The van der Waals surface area contributed by atoms with E-state index in [4.69, 9.17) is 4.74 Å². The minimum absolute atomic E-state index is 0.0407. The number of piperidine rings is 1. The van der Waals surface area contributed by atoms with Gasteiger partial charge in [0, 0.05) is 23.9 Å². The first-order valence-corrected chi connectivity index (χ1v) is 11.1. The van der Waals surface area contributed by atoms with Gasteiger partial charge in [0.15, 0.2) is 0 Å². The summed E-state index contributed by atoms with van der Waals surface area (Å²) in [6.07, 6.45) is 11.2. The lowest BCUT2D eigenvalue weighted by Crippen LogP contribution is -2.73. The molecule has 2 saturated heterocycles. The topological polar surface area (TPSA) is 32.7 Å². The van der Waals surface area contributed by atoms with Gasteiger partial charge in [-0.25, -0.2) is 0 Å². The Balaban J connectivity index is 1.48. The van der Waals surface area contributed by atoms with Gasteiger partial charge in [0.25, 0.3) is 0 Å². The van der Waals surface area contributed by atoms with E-state index in [1.54, 1.807) is 0 Å². The molecule has 7 rings (SSSR count). The molecule has 5 saturated carbocycles. The summed E-state index contributed by atoms with van der Waals surface area (Å²) in [6, 6.07) is 0. The van der Waals surface area contributed by atoms with Gasteiger partial charge in [0.05, 0.1) is 12.7 Å². The molecule has 9 atom stereocenters. The number of nitrogens with zero attached hydrogens (tertiary/aromatic N) is 1. The predicted molar refractivity (Wildman–Crippen MR) is 96.9 cm³/mol. The third-order valence-corrected chi connectivity index (χ3v) is 10.5. The molecule has 0 aromatic rings. The Morgan fingerprint density at radius 2 is 1.88 bits per heavy atom. The van der Waals surface area contributed by atoms with E-state index >= 15 is 0 Å². The van der Waals surface area contributed by atoms with Crippen LogP contribution >= 0.6 is 0 Å². The van der Waals surface area contributed by atoms with Gasteiger partial charge in [-0.3, -0.25) is 4.90 Å². The van der Waals surface area contributed by atoms with Gasteiger partial charge < -0.3 is 9.84 Å². The summed E-state index contributed by atoms with van der Waals surface area (Å²) in [4.78, 5) is 2.72. The number of aliphatic hydroxyl groups is 1. The minimum Gasteiger partial charge on any atom is -0.392 e. The Hall–Kier alpha value is -0.120. The largest absolute Gasteiger partial charge is 0.392 e. The summed E-state index contributed by atoms with van der Waals surface area (Å²) in [5, 5.41) is 11.4. The normalized spacial score (nSPS) is 63.0. The molecule has 3 nitrogen and oxygen atoms in total. The van der Waals surface area contributed by atoms with E-state index in [1.165, 1.54) is 57.9 Å². The summed E-state index contributed by atoms with van der Waals surface area (Å²) in [6.45, 7) is 8.23. The highest BCUT2D eigenvalue weighted by molar-refractivity contribution is 5.20. The summed E-state index contributed by atoms with van der Waals surface area (Å²) < 4.78 is 6.30. The van der Waals surface area contributed by atoms with E-state index in [1.807, 2.05) is 0 Å². The number of fused-ring (bicyclic) bond motifs is 4. The molecule has 3 heteroatoms.